The van der Waals surface area contributed by atoms with Crippen molar-refractivity contribution in [2.45, 2.75) is 26.4 Å². The molecule has 0 unspecified atom stereocenters. The summed E-state index contributed by atoms with van der Waals surface area (Å²) < 4.78 is 0. The van der Waals surface area contributed by atoms with Crippen LogP contribution in [0.5, 0.6) is 0 Å². The van der Waals surface area contributed by atoms with E-state index < -0.39 is 4.92 Å². The third-order valence-corrected chi connectivity index (χ3v) is 2.33. The lowest BCUT2D eigenvalue weighted by Crippen LogP contribution is -1.95. The van der Waals surface area contributed by atoms with E-state index in [0.29, 0.717) is 5.92 Å². The van der Waals surface area contributed by atoms with Crippen molar-refractivity contribution >= 4 is 6.08 Å². The summed E-state index contributed by atoms with van der Waals surface area (Å²) in [6, 6.07) is 5.50. The molecular formula is C12H15NO3. The lowest BCUT2D eigenvalue weighted by atomic mass is 9.95. The molecule has 86 valence electrons. The predicted molar refractivity (Wildman–Crippen MR) is 62.5 cm³/mol. The molecule has 0 aliphatic rings. The molecule has 0 saturated heterocycles. The second-order valence-corrected chi connectivity index (χ2v) is 3.88. The molecule has 0 heterocycles. The molecule has 0 aromatic heterocycles. The minimum atomic E-state index is -0.490. The maximum absolute atomic E-state index is 10.3. The lowest BCUT2D eigenvalue weighted by Gasteiger charge is -2.10. The summed E-state index contributed by atoms with van der Waals surface area (Å²) >= 11 is 0. The number of nitro groups is 1. The van der Waals surface area contributed by atoms with Gasteiger partial charge in [-0.15, -0.1) is 0 Å². The van der Waals surface area contributed by atoms with Gasteiger partial charge < -0.3 is 5.11 Å². The Balaban J connectivity index is 3.15. The second-order valence-electron chi connectivity index (χ2n) is 3.88. The Bertz CT molecular complexity index is 411. The fourth-order valence-electron chi connectivity index (χ4n) is 1.53. The molecule has 1 aromatic carbocycles. The van der Waals surface area contributed by atoms with Gasteiger partial charge in [0.15, 0.2) is 0 Å². The van der Waals surface area contributed by atoms with Crippen molar-refractivity contribution in [3.63, 3.8) is 0 Å². The first-order chi connectivity index (χ1) is 7.54. The van der Waals surface area contributed by atoms with Gasteiger partial charge in [0.25, 0.3) is 0 Å². The Morgan fingerprint density at radius 1 is 1.50 bits per heavy atom. The van der Waals surface area contributed by atoms with Crippen molar-refractivity contribution in [2.75, 3.05) is 0 Å². The van der Waals surface area contributed by atoms with Crippen LogP contribution in [0.4, 0.5) is 0 Å². The highest BCUT2D eigenvalue weighted by Gasteiger charge is 2.06. The van der Waals surface area contributed by atoms with Crippen molar-refractivity contribution in [3.05, 3.63) is 51.2 Å². The predicted octanol–water partition coefficient (Wildman–Crippen LogP) is 2.55. The SMILES string of the molecule is CC(C)c1ccc(CO)cc1/C=C/[N+](=O)[O-]. The van der Waals surface area contributed by atoms with E-state index in [4.69, 9.17) is 5.11 Å². The van der Waals surface area contributed by atoms with Crippen molar-refractivity contribution in [1.29, 1.82) is 0 Å². The number of benzene rings is 1. The number of hydrogen-bond acceptors (Lipinski definition) is 3. The molecule has 1 rings (SSSR count). The van der Waals surface area contributed by atoms with Crippen LogP contribution < -0.4 is 0 Å². The second kappa shape index (κ2) is 5.42. The molecule has 4 nitrogen and oxygen atoms in total. The van der Waals surface area contributed by atoms with E-state index in [-0.39, 0.29) is 6.61 Å². The van der Waals surface area contributed by atoms with Gasteiger partial charge in [-0.3, -0.25) is 10.1 Å². The Kier molecular flexibility index (Phi) is 4.19. The van der Waals surface area contributed by atoms with E-state index in [9.17, 15) is 10.1 Å². The average Bonchev–Trinajstić information content (AvgIpc) is 2.25. The van der Waals surface area contributed by atoms with Gasteiger partial charge in [-0.05, 0) is 28.7 Å². The highest BCUT2D eigenvalue weighted by Crippen LogP contribution is 2.22. The number of aliphatic hydroxyl groups excluding tert-OH is 1. The molecule has 0 atom stereocenters. The molecular weight excluding hydrogens is 206 g/mol. The molecule has 0 aliphatic heterocycles. The fourth-order valence-corrected chi connectivity index (χ4v) is 1.53. The third-order valence-electron chi connectivity index (χ3n) is 2.33. The van der Waals surface area contributed by atoms with Crippen molar-refractivity contribution in [3.8, 4) is 0 Å². The summed E-state index contributed by atoms with van der Waals surface area (Å²) in [5, 5.41) is 19.3. The molecule has 1 aromatic rings. The highest BCUT2D eigenvalue weighted by molar-refractivity contribution is 5.55. The maximum Gasteiger partial charge on any atom is 0.235 e. The van der Waals surface area contributed by atoms with Crippen molar-refractivity contribution in [1.82, 2.24) is 0 Å². The minimum absolute atomic E-state index is 0.0579. The van der Waals surface area contributed by atoms with Gasteiger partial charge in [0.1, 0.15) is 0 Å². The zero-order valence-corrected chi connectivity index (χ0v) is 9.38. The summed E-state index contributed by atoms with van der Waals surface area (Å²) in [7, 11) is 0. The number of hydrogen-bond donors (Lipinski definition) is 1. The van der Waals surface area contributed by atoms with Crippen molar-refractivity contribution < 1.29 is 10.0 Å². The minimum Gasteiger partial charge on any atom is -0.392 e. The third kappa shape index (κ3) is 3.17. The van der Waals surface area contributed by atoms with Crippen molar-refractivity contribution in [2.24, 2.45) is 0 Å². The zero-order chi connectivity index (χ0) is 12.1. The van der Waals surface area contributed by atoms with Crippen LogP contribution in [0.1, 0.15) is 36.5 Å². The first kappa shape index (κ1) is 12.4. The van der Waals surface area contributed by atoms with E-state index in [1.54, 1.807) is 6.07 Å². The molecule has 0 fully saturated rings. The standard InChI is InChI=1S/C12H15NO3/c1-9(2)12-4-3-10(8-14)7-11(12)5-6-13(15)16/h3-7,9,14H,8H2,1-2H3/b6-5+. The molecule has 0 radical (unpaired) electrons. The van der Waals surface area contributed by atoms with Gasteiger partial charge in [0.05, 0.1) is 11.5 Å². The first-order valence-corrected chi connectivity index (χ1v) is 5.10. The Morgan fingerprint density at radius 2 is 2.19 bits per heavy atom. The van der Waals surface area contributed by atoms with Crippen LogP contribution in [0.25, 0.3) is 6.08 Å². The first-order valence-electron chi connectivity index (χ1n) is 5.10. The number of rotatable bonds is 4. The zero-order valence-electron chi connectivity index (χ0n) is 9.38. The van der Waals surface area contributed by atoms with Crippen LogP contribution in [0.15, 0.2) is 24.4 Å². The van der Waals surface area contributed by atoms with Gasteiger partial charge in [-0.1, -0.05) is 26.0 Å². The van der Waals surface area contributed by atoms with Crippen LogP contribution >= 0.6 is 0 Å². The maximum atomic E-state index is 10.3. The van der Waals surface area contributed by atoms with Crippen LogP contribution in [-0.4, -0.2) is 10.0 Å². The van der Waals surface area contributed by atoms with Gasteiger partial charge in [-0.2, -0.15) is 0 Å². The summed E-state index contributed by atoms with van der Waals surface area (Å²) in [6.07, 6.45) is 2.39. The van der Waals surface area contributed by atoms with Gasteiger partial charge >= 0.3 is 0 Å². The summed E-state index contributed by atoms with van der Waals surface area (Å²) in [4.78, 5) is 9.79. The fraction of sp³-hybridized carbons (Fsp3) is 0.333. The van der Waals surface area contributed by atoms with Gasteiger partial charge in [0.2, 0.25) is 6.20 Å². The highest BCUT2D eigenvalue weighted by atomic mass is 16.6. The molecule has 0 spiro atoms. The average molecular weight is 221 g/mol. The van der Waals surface area contributed by atoms with Crippen LogP contribution in [0.2, 0.25) is 0 Å². The molecule has 0 aliphatic carbocycles. The van der Waals surface area contributed by atoms with E-state index in [1.165, 1.54) is 6.08 Å². The summed E-state index contributed by atoms with van der Waals surface area (Å²) in [6.45, 7) is 3.99. The topological polar surface area (TPSA) is 63.4 Å². The summed E-state index contributed by atoms with van der Waals surface area (Å²) in [5.74, 6) is 0.291. The number of aliphatic hydroxyl groups is 1. The van der Waals surface area contributed by atoms with Crippen LogP contribution in [-0.2, 0) is 6.61 Å². The Morgan fingerprint density at radius 3 is 2.69 bits per heavy atom. The number of nitrogens with zero attached hydrogens (tertiary/aromatic N) is 1. The van der Waals surface area contributed by atoms with Gasteiger partial charge in [-0.25, -0.2) is 0 Å². The molecule has 4 heteroatoms. The monoisotopic (exact) mass is 221 g/mol. The molecule has 0 saturated carbocycles. The van der Waals surface area contributed by atoms with E-state index in [0.717, 1.165) is 22.9 Å². The normalized spacial score (nSPS) is 11.2. The summed E-state index contributed by atoms with van der Waals surface area (Å²) in [5.41, 5.74) is 2.58. The van der Waals surface area contributed by atoms with Crippen LogP contribution in [0.3, 0.4) is 0 Å². The van der Waals surface area contributed by atoms with E-state index in [2.05, 4.69) is 0 Å². The Hall–Kier alpha value is -1.68. The molecule has 0 bridgehead atoms. The smallest absolute Gasteiger partial charge is 0.235 e. The lowest BCUT2D eigenvalue weighted by molar-refractivity contribution is -0.400. The Labute approximate surface area is 94.4 Å². The molecule has 1 N–H and O–H groups in total. The van der Waals surface area contributed by atoms with E-state index >= 15 is 0 Å². The van der Waals surface area contributed by atoms with Crippen LogP contribution in [0, 0.1) is 10.1 Å². The molecule has 0 amide bonds. The van der Waals surface area contributed by atoms with Gasteiger partial charge in [0, 0.05) is 6.08 Å². The quantitative estimate of drug-likeness (QED) is 0.627. The molecule has 16 heavy (non-hydrogen) atoms. The van der Waals surface area contributed by atoms with E-state index in [1.807, 2.05) is 26.0 Å². The largest absolute Gasteiger partial charge is 0.392 e.